The predicted octanol–water partition coefficient (Wildman–Crippen LogP) is 5.47. The first-order chi connectivity index (χ1) is 14.2. The van der Waals surface area contributed by atoms with Crippen LogP contribution in [0.2, 0.25) is 5.02 Å². The minimum Gasteiger partial charge on any atom is -0.507 e. The Balaban J connectivity index is 1.80. The smallest absolute Gasteiger partial charge is 0.342 e. The van der Waals surface area contributed by atoms with Gasteiger partial charge in [0.05, 0.1) is 16.4 Å². The van der Waals surface area contributed by atoms with E-state index in [2.05, 4.69) is 4.98 Å². The summed E-state index contributed by atoms with van der Waals surface area (Å²) in [5.41, 5.74) is 3.84. The van der Waals surface area contributed by atoms with E-state index in [0.29, 0.717) is 21.5 Å². The molecule has 0 spiro atoms. The van der Waals surface area contributed by atoms with Crippen molar-refractivity contribution in [2.45, 2.75) is 34.3 Å². The molecule has 30 heavy (non-hydrogen) atoms. The molecular formula is C22H21ClN2O4S. The number of esters is 1. The van der Waals surface area contributed by atoms with Crippen LogP contribution in [0.15, 0.2) is 35.7 Å². The number of benzene rings is 2. The van der Waals surface area contributed by atoms with E-state index in [1.807, 2.05) is 26.8 Å². The molecule has 0 fully saturated rings. The van der Waals surface area contributed by atoms with Gasteiger partial charge in [-0.2, -0.15) is 0 Å². The third-order valence-electron chi connectivity index (χ3n) is 4.39. The summed E-state index contributed by atoms with van der Waals surface area (Å²) >= 11 is 7.67. The molecule has 8 heteroatoms. The zero-order valence-electron chi connectivity index (χ0n) is 17.0. The standard InChI is InChI=1S/C22H21ClN2O4S/c1-12-5-6-17(19(27)9-12)21(28)29-10-16-11-30-22(24-16)25(15(4)26)20-14(3)7-13(2)8-18(20)23/h5-9,11,27H,10H2,1-4H3. The number of ether oxygens (including phenoxy) is 1. The average Bonchev–Trinajstić information content (AvgIpc) is 3.10. The lowest BCUT2D eigenvalue weighted by atomic mass is 10.1. The third kappa shape index (κ3) is 4.63. The molecule has 0 aliphatic rings. The second-order valence-corrected chi connectivity index (χ2v) is 8.23. The van der Waals surface area contributed by atoms with Crippen LogP contribution in [0.5, 0.6) is 5.75 Å². The summed E-state index contributed by atoms with van der Waals surface area (Å²) in [7, 11) is 0. The highest BCUT2D eigenvalue weighted by atomic mass is 35.5. The number of thiazole rings is 1. The summed E-state index contributed by atoms with van der Waals surface area (Å²) < 4.78 is 5.27. The summed E-state index contributed by atoms with van der Waals surface area (Å²) in [6.45, 7) is 6.98. The number of phenolic OH excluding ortho intramolecular Hbond substituents is 1. The molecule has 0 radical (unpaired) electrons. The topological polar surface area (TPSA) is 79.7 Å². The van der Waals surface area contributed by atoms with Gasteiger partial charge in [-0.1, -0.05) is 23.7 Å². The normalized spacial score (nSPS) is 10.7. The Morgan fingerprint density at radius 3 is 2.53 bits per heavy atom. The van der Waals surface area contributed by atoms with Crippen LogP contribution in [-0.2, 0) is 16.1 Å². The fraction of sp³-hybridized carbons (Fsp3) is 0.227. The van der Waals surface area contributed by atoms with Crippen molar-refractivity contribution < 1.29 is 19.4 Å². The van der Waals surface area contributed by atoms with Crippen LogP contribution < -0.4 is 4.90 Å². The number of anilines is 2. The molecule has 0 saturated heterocycles. The molecular weight excluding hydrogens is 424 g/mol. The Kier molecular flexibility index (Phi) is 6.43. The van der Waals surface area contributed by atoms with Crippen LogP contribution in [0.1, 0.15) is 39.7 Å². The molecule has 156 valence electrons. The number of aromatic nitrogens is 1. The minimum atomic E-state index is -0.650. The number of carbonyl (C=O) groups excluding carboxylic acids is 2. The van der Waals surface area contributed by atoms with Gasteiger partial charge in [0.2, 0.25) is 5.91 Å². The molecule has 1 N–H and O–H groups in total. The number of nitrogens with zero attached hydrogens (tertiary/aromatic N) is 2. The molecule has 0 saturated carbocycles. The van der Waals surface area contributed by atoms with E-state index in [9.17, 15) is 14.7 Å². The molecule has 0 aliphatic heterocycles. The van der Waals surface area contributed by atoms with E-state index in [1.165, 1.54) is 35.3 Å². The number of rotatable bonds is 5. The van der Waals surface area contributed by atoms with E-state index in [4.69, 9.17) is 16.3 Å². The third-order valence-corrected chi connectivity index (χ3v) is 5.55. The van der Waals surface area contributed by atoms with Crippen molar-refractivity contribution in [1.82, 2.24) is 4.98 Å². The lowest BCUT2D eigenvalue weighted by Crippen LogP contribution is -2.24. The maximum Gasteiger partial charge on any atom is 0.342 e. The number of halogens is 1. The van der Waals surface area contributed by atoms with Crippen molar-refractivity contribution in [2.75, 3.05) is 4.90 Å². The van der Waals surface area contributed by atoms with Crippen LogP contribution in [0.3, 0.4) is 0 Å². The largest absolute Gasteiger partial charge is 0.507 e. The number of aromatic hydroxyl groups is 1. The lowest BCUT2D eigenvalue weighted by Gasteiger charge is -2.22. The van der Waals surface area contributed by atoms with E-state index < -0.39 is 5.97 Å². The van der Waals surface area contributed by atoms with Crippen molar-refractivity contribution in [3.8, 4) is 5.75 Å². The van der Waals surface area contributed by atoms with Crippen LogP contribution in [0.4, 0.5) is 10.8 Å². The second kappa shape index (κ2) is 8.85. The van der Waals surface area contributed by atoms with Crippen LogP contribution in [-0.4, -0.2) is 22.0 Å². The van der Waals surface area contributed by atoms with E-state index >= 15 is 0 Å². The second-order valence-electron chi connectivity index (χ2n) is 6.98. The quantitative estimate of drug-likeness (QED) is 0.528. The molecule has 3 rings (SSSR count). The SMILES string of the molecule is CC(=O)N(c1nc(COC(=O)c2ccc(C)cc2O)cs1)c1c(C)cc(C)cc1Cl. The van der Waals surface area contributed by atoms with E-state index in [-0.39, 0.29) is 23.8 Å². The molecule has 3 aromatic rings. The zero-order chi connectivity index (χ0) is 22.0. The van der Waals surface area contributed by atoms with Gasteiger partial charge in [-0.05, 0) is 55.7 Å². The number of phenols is 1. The first kappa shape index (κ1) is 21.8. The Bertz CT molecular complexity index is 1100. The highest BCUT2D eigenvalue weighted by Gasteiger charge is 2.23. The van der Waals surface area contributed by atoms with E-state index in [1.54, 1.807) is 17.5 Å². The molecule has 2 aromatic carbocycles. The number of amides is 1. The maximum absolute atomic E-state index is 12.4. The summed E-state index contributed by atoms with van der Waals surface area (Å²) in [5, 5.41) is 12.5. The van der Waals surface area contributed by atoms with Gasteiger partial charge in [-0.15, -0.1) is 11.3 Å². The highest BCUT2D eigenvalue weighted by Crippen LogP contribution is 2.37. The van der Waals surface area contributed by atoms with Gasteiger partial charge in [0, 0.05) is 12.3 Å². The van der Waals surface area contributed by atoms with Gasteiger partial charge in [0.1, 0.15) is 17.9 Å². The summed E-state index contributed by atoms with van der Waals surface area (Å²) in [4.78, 5) is 30.5. The van der Waals surface area contributed by atoms with Gasteiger partial charge in [-0.25, -0.2) is 9.78 Å². The Morgan fingerprint density at radius 1 is 1.17 bits per heavy atom. The Hall–Kier alpha value is -2.90. The number of carbonyl (C=O) groups is 2. The van der Waals surface area contributed by atoms with E-state index in [0.717, 1.165) is 16.7 Å². The molecule has 1 aromatic heterocycles. The van der Waals surface area contributed by atoms with Crippen LogP contribution in [0.25, 0.3) is 0 Å². The zero-order valence-corrected chi connectivity index (χ0v) is 18.6. The molecule has 1 heterocycles. The van der Waals surface area contributed by atoms with Crippen LogP contribution in [0, 0.1) is 20.8 Å². The summed E-state index contributed by atoms with van der Waals surface area (Å²) in [5.74, 6) is -1.01. The van der Waals surface area contributed by atoms with Gasteiger partial charge in [0.25, 0.3) is 0 Å². The van der Waals surface area contributed by atoms with Crippen molar-refractivity contribution in [2.24, 2.45) is 0 Å². The van der Waals surface area contributed by atoms with Crippen molar-refractivity contribution in [3.05, 3.63) is 68.7 Å². The Morgan fingerprint density at radius 2 is 1.90 bits per heavy atom. The monoisotopic (exact) mass is 444 g/mol. The first-order valence-electron chi connectivity index (χ1n) is 9.16. The Labute approximate surface area is 183 Å². The van der Waals surface area contributed by atoms with Crippen molar-refractivity contribution in [3.63, 3.8) is 0 Å². The van der Waals surface area contributed by atoms with Gasteiger partial charge in [0.15, 0.2) is 5.13 Å². The lowest BCUT2D eigenvalue weighted by molar-refractivity contribution is -0.115. The minimum absolute atomic E-state index is 0.0866. The van der Waals surface area contributed by atoms with Crippen molar-refractivity contribution in [1.29, 1.82) is 0 Å². The fourth-order valence-electron chi connectivity index (χ4n) is 3.08. The van der Waals surface area contributed by atoms with Gasteiger partial charge >= 0.3 is 5.97 Å². The first-order valence-corrected chi connectivity index (χ1v) is 10.4. The molecule has 0 aliphatic carbocycles. The van der Waals surface area contributed by atoms with Gasteiger partial charge < -0.3 is 9.84 Å². The van der Waals surface area contributed by atoms with Crippen molar-refractivity contribution >= 4 is 45.6 Å². The predicted molar refractivity (Wildman–Crippen MR) is 118 cm³/mol. The number of hydrogen-bond donors (Lipinski definition) is 1. The van der Waals surface area contributed by atoms with Crippen LogP contribution >= 0.6 is 22.9 Å². The highest BCUT2D eigenvalue weighted by molar-refractivity contribution is 7.14. The molecule has 6 nitrogen and oxygen atoms in total. The molecule has 1 amide bonds. The molecule has 0 atom stereocenters. The number of hydrogen-bond acceptors (Lipinski definition) is 6. The average molecular weight is 445 g/mol. The van der Waals surface area contributed by atoms with Gasteiger partial charge in [-0.3, -0.25) is 9.69 Å². The molecule has 0 unspecified atom stereocenters. The molecule has 0 bridgehead atoms. The maximum atomic E-state index is 12.4. The summed E-state index contributed by atoms with van der Waals surface area (Å²) in [6.07, 6.45) is 0. The number of aryl methyl sites for hydroxylation is 3. The summed E-state index contributed by atoms with van der Waals surface area (Å²) in [6, 6.07) is 8.47. The fourth-order valence-corrected chi connectivity index (χ4v) is 4.34.